The lowest BCUT2D eigenvalue weighted by Gasteiger charge is -2.47. The van der Waals surface area contributed by atoms with Gasteiger partial charge in [-0.2, -0.15) is 0 Å². The minimum atomic E-state index is -1.14. The first-order chi connectivity index (χ1) is 25.5. The monoisotopic (exact) mass is 715 g/mol. The molecular formula is C42H37NO8S. The first-order valence-corrected chi connectivity index (χ1v) is 17.4. The van der Waals surface area contributed by atoms with Crippen molar-refractivity contribution >= 4 is 29.3 Å². The zero-order valence-corrected chi connectivity index (χ0v) is 29.0. The lowest BCUT2D eigenvalue weighted by Crippen LogP contribution is -2.67. The smallest absolute Gasteiger partial charge is 0.358 e. The van der Waals surface area contributed by atoms with Gasteiger partial charge in [-0.05, 0) is 41.0 Å². The van der Waals surface area contributed by atoms with E-state index in [-0.39, 0.29) is 36.2 Å². The minimum absolute atomic E-state index is 0.0404. The standard InChI is InChI=1S/C42H37NO8S/c44-39-33-23-13-14-24-34(33)40(45)43(39)36-38(47-26-30-17-7-2-8-18-30)37(51-42(52)49-32-21-11-4-12-22-32)35(28-46-25-29-15-5-1-6-16-29)50-41(36)48-27-31-19-9-3-10-20-31/h1-24,35-38,41H,25-28H2/t35-,36+,37-,38-,41-/m1/s1. The van der Waals surface area contributed by atoms with Gasteiger partial charge in [0.1, 0.15) is 24.0 Å². The van der Waals surface area contributed by atoms with Crippen molar-refractivity contribution in [2.45, 2.75) is 50.5 Å². The number of thiocarbonyl (C=S) groups is 1. The number of benzene rings is 5. The van der Waals surface area contributed by atoms with Crippen molar-refractivity contribution in [1.82, 2.24) is 4.90 Å². The number of carbonyl (C=O) groups is 2. The Balaban J connectivity index is 1.27. The van der Waals surface area contributed by atoms with Gasteiger partial charge in [0, 0.05) is 12.2 Å². The van der Waals surface area contributed by atoms with Gasteiger partial charge in [0.15, 0.2) is 12.4 Å². The number of ether oxygens (including phenoxy) is 6. The highest BCUT2D eigenvalue weighted by Crippen LogP contribution is 2.36. The van der Waals surface area contributed by atoms with E-state index in [1.54, 1.807) is 36.4 Å². The highest BCUT2D eigenvalue weighted by Gasteiger charge is 2.56. The van der Waals surface area contributed by atoms with Crippen LogP contribution in [0.15, 0.2) is 146 Å². The largest absolute Gasteiger partial charge is 0.448 e. The molecule has 2 aliphatic rings. The summed E-state index contributed by atoms with van der Waals surface area (Å²) >= 11 is 5.64. The van der Waals surface area contributed by atoms with Gasteiger partial charge in [-0.1, -0.05) is 121 Å². The van der Waals surface area contributed by atoms with Crippen molar-refractivity contribution in [3.63, 3.8) is 0 Å². The van der Waals surface area contributed by atoms with Gasteiger partial charge in [-0.15, -0.1) is 0 Å². The zero-order valence-electron chi connectivity index (χ0n) is 28.2. The molecule has 2 aliphatic heterocycles. The number of carbonyl (C=O) groups excluding carboxylic acids is 2. The van der Waals surface area contributed by atoms with Crippen molar-refractivity contribution in [3.05, 3.63) is 173 Å². The molecule has 0 aliphatic carbocycles. The van der Waals surface area contributed by atoms with Crippen LogP contribution in [0.4, 0.5) is 0 Å². The van der Waals surface area contributed by atoms with E-state index in [0.717, 1.165) is 16.7 Å². The van der Waals surface area contributed by atoms with E-state index in [4.69, 9.17) is 40.6 Å². The van der Waals surface area contributed by atoms with Crippen molar-refractivity contribution in [3.8, 4) is 5.75 Å². The predicted octanol–water partition coefficient (Wildman–Crippen LogP) is 7.14. The van der Waals surface area contributed by atoms with Gasteiger partial charge in [0.05, 0.1) is 37.6 Å². The maximum absolute atomic E-state index is 14.1. The summed E-state index contributed by atoms with van der Waals surface area (Å²) in [6, 6.07) is 43.6. The Hall–Kier alpha value is -5.23. The molecule has 2 amide bonds. The number of imide groups is 1. The van der Waals surface area contributed by atoms with Gasteiger partial charge in [-0.3, -0.25) is 14.5 Å². The first kappa shape index (κ1) is 35.2. The molecule has 0 bridgehead atoms. The lowest BCUT2D eigenvalue weighted by atomic mass is 9.94. The summed E-state index contributed by atoms with van der Waals surface area (Å²) in [5, 5.41) is -0.189. The minimum Gasteiger partial charge on any atom is -0.448 e. The van der Waals surface area contributed by atoms with E-state index in [1.807, 2.05) is 109 Å². The summed E-state index contributed by atoms with van der Waals surface area (Å²) < 4.78 is 38.5. The molecule has 0 N–H and O–H groups in total. The SMILES string of the molecule is O=C1c2ccccc2C(=O)N1[C@@H]1[C@H](OCc2ccccc2)O[C@H](COCc2ccccc2)[C@@H](OC(=S)Oc2ccccc2)[C@@H]1OCc1ccccc1. The van der Waals surface area contributed by atoms with Gasteiger partial charge < -0.3 is 28.4 Å². The second-order valence-electron chi connectivity index (χ2n) is 12.4. The average Bonchev–Trinajstić information content (AvgIpc) is 3.44. The summed E-state index contributed by atoms with van der Waals surface area (Å²) in [4.78, 5) is 29.5. The molecule has 264 valence electrons. The molecule has 9 nitrogen and oxygen atoms in total. The third kappa shape index (κ3) is 8.28. The van der Waals surface area contributed by atoms with Crippen molar-refractivity contribution in [2.24, 2.45) is 0 Å². The second-order valence-corrected chi connectivity index (χ2v) is 12.7. The molecule has 1 fully saturated rings. The van der Waals surface area contributed by atoms with Gasteiger partial charge >= 0.3 is 5.24 Å². The topological polar surface area (TPSA) is 92.8 Å². The summed E-state index contributed by atoms with van der Waals surface area (Å²) in [7, 11) is 0. The summed E-state index contributed by atoms with van der Waals surface area (Å²) in [5.74, 6) is -0.503. The molecule has 5 aromatic rings. The maximum atomic E-state index is 14.1. The molecule has 0 aromatic heterocycles. The van der Waals surface area contributed by atoms with Crippen LogP contribution < -0.4 is 4.74 Å². The fourth-order valence-corrected chi connectivity index (χ4v) is 6.56. The molecule has 0 spiro atoms. The molecule has 5 aromatic carbocycles. The van der Waals surface area contributed by atoms with E-state index >= 15 is 0 Å². The fourth-order valence-electron chi connectivity index (χ4n) is 6.35. The van der Waals surface area contributed by atoms with Gasteiger partial charge in [-0.25, -0.2) is 0 Å². The molecule has 1 saturated heterocycles. The van der Waals surface area contributed by atoms with Crippen LogP contribution in [0.2, 0.25) is 0 Å². The molecule has 0 unspecified atom stereocenters. The number of hydrogen-bond donors (Lipinski definition) is 0. The molecule has 52 heavy (non-hydrogen) atoms. The van der Waals surface area contributed by atoms with Crippen LogP contribution in [0, 0.1) is 0 Å². The molecule has 7 rings (SSSR count). The average molecular weight is 716 g/mol. The fraction of sp³-hybridized carbons (Fsp3) is 0.214. The number of hydrogen-bond acceptors (Lipinski definition) is 9. The third-order valence-corrected chi connectivity index (χ3v) is 9.03. The quantitative estimate of drug-likeness (QED) is 0.0932. The molecule has 5 atom stereocenters. The van der Waals surface area contributed by atoms with Crippen LogP contribution >= 0.6 is 12.2 Å². The highest BCUT2D eigenvalue weighted by atomic mass is 32.1. The number of rotatable bonds is 13. The third-order valence-electron chi connectivity index (χ3n) is 8.85. The van der Waals surface area contributed by atoms with E-state index < -0.39 is 42.5 Å². The number of para-hydroxylation sites is 1. The van der Waals surface area contributed by atoms with Crippen LogP contribution in [0.5, 0.6) is 5.75 Å². The maximum Gasteiger partial charge on any atom is 0.358 e. The Morgan fingerprint density at radius 3 is 1.63 bits per heavy atom. The Kier molecular flexibility index (Phi) is 11.4. The van der Waals surface area contributed by atoms with Gasteiger partial charge in [0.25, 0.3) is 11.8 Å². The number of amides is 2. The summed E-state index contributed by atoms with van der Waals surface area (Å²) in [6.07, 6.45) is -4.01. The van der Waals surface area contributed by atoms with E-state index in [1.165, 1.54) is 4.90 Å². The van der Waals surface area contributed by atoms with Crippen molar-refractivity contribution in [2.75, 3.05) is 6.61 Å². The highest BCUT2D eigenvalue weighted by molar-refractivity contribution is 7.79. The van der Waals surface area contributed by atoms with E-state index in [0.29, 0.717) is 12.4 Å². The van der Waals surface area contributed by atoms with E-state index in [9.17, 15) is 9.59 Å². The molecular weight excluding hydrogens is 679 g/mol. The van der Waals surface area contributed by atoms with Crippen LogP contribution in [0.1, 0.15) is 37.4 Å². The van der Waals surface area contributed by atoms with Gasteiger partial charge in [0.2, 0.25) is 0 Å². The second kappa shape index (κ2) is 16.9. The Morgan fingerprint density at radius 2 is 1.08 bits per heavy atom. The Bertz CT molecular complexity index is 1910. The van der Waals surface area contributed by atoms with Crippen molar-refractivity contribution < 1.29 is 38.0 Å². The first-order valence-electron chi connectivity index (χ1n) is 17.0. The van der Waals surface area contributed by atoms with Crippen LogP contribution in [-0.2, 0) is 43.5 Å². The van der Waals surface area contributed by atoms with Crippen LogP contribution in [0.3, 0.4) is 0 Å². The lowest BCUT2D eigenvalue weighted by molar-refractivity contribution is -0.291. The van der Waals surface area contributed by atoms with Crippen LogP contribution in [0.25, 0.3) is 0 Å². The van der Waals surface area contributed by atoms with Crippen LogP contribution in [-0.4, -0.2) is 59.2 Å². The predicted molar refractivity (Wildman–Crippen MR) is 196 cm³/mol. The molecule has 2 heterocycles. The Labute approximate surface area is 307 Å². The summed E-state index contributed by atoms with van der Waals surface area (Å²) in [6.45, 7) is 0.597. The van der Waals surface area contributed by atoms with E-state index in [2.05, 4.69) is 0 Å². The summed E-state index contributed by atoms with van der Waals surface area (Å²) in [5.41, 5.74) is 3.28. The molecule has 0 saturated carbocycles. The number of nitrogens with zero attached hydrogens (tertiary/aromatic N) is 1. The Morgan fingerprint density at radius 1 is 0.596 bits per heavy atom. The zero-order chi connectivity index (χ0) is 35.7. The van der Waals surface area contributed by atoms with Crippen molar-refractivity contribution in [1.29, 1.82) is 0 Å². The number of fused-ring (bicyclic) bond motifs is 1. The molecule has 0 radical (unpaired) electrons. The normalized spacial score (nSPS) is 21.1. The molecule has 10 heteroatoms.